The van der Waals surface area contributed by atoms with Crippen LogP contribution in [0.2, 0.25) is 0 Å². The average molecular weight is 463 g/mol. The molecule has 0 bridgehead atoms. The van der Waals surface area contributed by atoms with Crippen molar-refractivity contribution in [2.24, 2.45) is 5.92 Å². The van der Waals surface area contributed by atoms with E-state index in [1.54, 1.807) is 34.6 Å². The molecule has 11 nitrogen and oxygen atoms in total. The van der Waals surface area contributed by atoms with Gasteiger partial charge in [-0.25, -0.2) is 14.4 Å². The third-order valence-electron chi connectivity index (χ3n) is 4.38. The van der Waals surface area contributed by atoms with Gasteiger partial charge in [0, 0.05) is 12.6 Å². The number of amides is 1. The summed E-state index contributed by atoms with van der Waals surface area (Å²) in [6.45, 7) is 8.22. The maximum Gasteiger partial charge on any atom is 0.408 e. The predicted octanol–water partition coefficient (Wildman–Crippen LogP) is 0.988. The van der Waals surface area contributed by atoms with Crippen molar-refractivity contribution < 1.29 is 28.9 Å². The highest BCUT2D eigenvalue weighted by molar-refractivity contribution is 5.85. The summed E-state index contributed by atoms with van der Waals surface area (Å²) in [7, 11) is 0. The second kappa shape index (κ2) is 10.8. The van der Waals surface area contributed by atoms with Gasteiger partial charge >= 0.3 is 17.8 Å². The van der Waals surface area contributed by atoms with Gasteiger partial charge < -0.3 is 30.4 Å². The smallest absolute Gasteiger partial charge is 0.408 e. The van der Waals surface area contributed by atoms with E-state index in [4.69, 9.17) is 19.9 Å². The molecule has 31 heavy (non-hydrogen) atoms. The molecular weight excluding hydrogens is 432 g/mol. The molecule has 176 valence electrons. The number of aromatic nitrogens is 2. The van der Waals surface area contributed by atoms with Crippen LogP contribution in [0.25, 0.3) is 0 Å². The van der Waals surface area contributed by atoms with E-state index in [-0.39, 0.29) is 30.6 Å². The Hall–Kier alpha value is -2.37. The van der Waals surface area contributed by atoms with E-state index in [0.29, 0.717) is 0 Å². The molecule has 4 N–H and O–H groups in total. The monoisotopic (exact) mass is 462 g/mol. The number of rotatable bonds is 6. The highest BCUT2D eigenvalue weighted by Crippen LogP contribution is 2.30. The van der Waals surface area contributed by atoms with Gasteiger partial charge in [-0.15, -0.1) is 12.4 Å². The molecule has 1 aliphatic rings. The van der Waals surface area contributed by atoms with Crippen LogP contribution < -0.4 is 16.7 Å². The minimum Gasteiger partial charge on any atom is -0.458 e. The number of halogens is 1. The Morgan fingerprint density at radius 1 is 1.42 bits per heavy atom. The fourth-order valence-electron chi connectivity index (χ4n) is 2.96. The van der Waals surface area contributed by atoms with Crippen molar-refractivity contribution in [2.45, 2.75) is 71.1 Å². The van der Waals surface area contributed by atoms with E-state index < -0.39 is 54.4 Å². The minimum absolute atomic E-state index is 0. The molecule has 1 saturated heterocycles. The first kappa shape index (κ1) is 26.7. The van der Waals surface area contributed by atoms with Crippen molar-refractivity contribution in [3.05, 3.63) is 22.7 Å². The highest BCUT2D eigenvalue weighted by atomic mass is 35.5. The fraction of sp³-hybridized carbons (Fsp3) is 0.684. The molecule has 0 saturated carbocycles. The number of esters is 1. The van der Waals surface area contributed by atoms with Crippen molar-refractivity contribution in [2.75, 3.05) is 12.3 Å². The van der Waals surface area contributed by atoms with Crippen LogP contribution in [0.4, 0.5) is 10.6 Å². The molecule has 0 spiro atoms. The summed E-state index contributed by atoms with van der Waals surface area (Å²) in [5.74, 6) is -0.894. The first-order valence-electron chi connectivity index (χ1n) is 9.72. The average Bonchev–Trinajstić information content (AvgIpc) is 3.00. The van der Waals surface area contributed by atoms with Crippen LogP contribution in [-0.4, -0.2) is 57.2 Å². The molecule has 1 amide bonds. The van der Waals surface area contributed by atoms with E-state index in [0.717, 1.165) is 0 Å². The number of hydrogen-bond acceptors (Lipinski definition) is 9. The lowest BCUT2D eigenvalue weighted by atomic mass is 10.0. The van der Waals surface area contributed by atoms with Gasteiger partial charge in [-0.1, -0.05) is 13.8 Å². The summed E-state index contributed by atoms with van der Waals surface area (Å²) < 4.78 is 17.6. The zero-order chi connectivity index (χ0) is 22.6. The lowest BCUT2D eigenvalue weighted by Crippen LogP contribution is -2.48. The molecule has 2 rings (SSSR count). The number of aliphatic hydroxyl groups excluding tert-OH is 1. The minimum atomic E-state index is -0.959. The number of aliphatic hydroxyl groups is 1. The summed E-state index contributed by atoms with van der Waals surface area (Å²) in [5, 5.41) is 12.1. The van der Waals surface area contributed by atoms with Crippen LogP contribution in [0.15, 0.2) is 17.1 Å². The van der Waals surface area contributed by atoms with Crippen molar-refractivity contribution in [3.63, 3.8) is 0 Å². The Labute approximate surface area is 186 Å². The first-order valence-corrected chi connectivity index (χ1v) is 9.72. The second-order valence-electron chi connectivity index (χ2n) is 8.43. The number of ether oxygens (including phenoxy) is 3. The summed E-state index contributed by atoms with van der Waals surface area (Å²) in [4.78, 5) is 40.5. The normalized spacial score (nSPS) is 21.8. The SMILES string of the molecule is CC(C)[C@H](NC(=O)OC(C)(C)C)C(=O)O[C@@H]1C[C@@H](n2ccc(N)nc2=O)O[C@H]1CO.Cl. The number of nitrogens with two attached hydrogens (primary N) is 1. The van der Waals surface area contributed by atoms with Crippen LogP contribution in [0.3, 0.4) is 0 Å². The number of carbonyl (C=O) groups is 2. The van der Waals surface area contributed by atoms with E-state index in [1.807, 2.05) is 0 Å². The Balaban J connectivity index is 0.00000480. The van der Waals surface area contributed by atoms with E-state index >= 15 is 0 Å². The fourth-order valence-corrected chi connectivity index (χ4v) is 2.96. The molecule has 2 heterocycles. The third-order valence-corrected chi connectivity index (χ3v) is 4.38. The Bertz CT molecular complexity index is 824. The molecule has 1 aromatic heterocycles. The van der Waals surface area contributed by atoms with Crippen molar-refractivity contribution in [1.29, 1.82) is 0 Å². The zero-order valence-electron chi connectivity index (χ0n) is 18.2. The standard InChI is InChI=1S/C19H30N4O7.ClH/c1-10(2)15(22-18(27)30-19(3,4)5)16(25)29-11-8-14(28-12(11)9-24)23-7-6-13(20)21-17(23)26;/h6-7,10-12,14-15,24H,8-9H2,1-5H3,(H,22,27)(H2,20,21,26);1H/t11-,12+,14+,15+;/m1./s1. The molecule has 4 atom stereocenters. The summed E-state index contributed by atoms with van der Waals surface area (Å²) in [6, 6.07) is 0.483. The van der Waals surface area contributed by atoms with Gasteiger partial charge in [-0.05, 0) is 32.8 Å². The largest absolute Gasteiger partial charge is 0.458 e. The van der Waals surface area contributed by atoms with Gasteiger partial charge in [-0.3, -0.25) is 4.57 Å². The molecule has 12 heteroatoms. The highest BCUT2D eigenvalue weighted by Gasteiger charge is 2.40. The van der Waals surface area contributed by atoms with Crippen molar-refractivity contribution >= 4 is 30.3 Å². The van der Waals surface area contributed by atoms with Crippen molar-refractivity contribution in [3.8, 4) is 0 Å². The number of nitrogens with zero attached hydrogens (tertiary/aromatic N) is 2. The third kappa shape index (κ3) is 7.37. The molecule has 0 aliphatic carbocycles. The number of nitrogens with one attached hydrogen (secondary N) is 1. The maximum absolute atomic E-state index is 12.7. The van der Waals surface area contributed by atoms with Crippen LogP contribution in [0, 0.1) is 5.92 Å². The number of alkyl carbamates (subject to hydrolysis) is 1. The van der Waals surface area contributed by atoms with Crippen LogP contribution in [0.5, 0.6) is 0 Å². The van der Waals surface area contributed by atoms with E-state index in [2.05, 4.69) is 10.3 Å². The second-order valence-corrected chi connectivity index (χ2v) is 8.43. The molecule has 1 fully saturated rings. The number of hydrogen-bond donors (Lipinski definition) is 3. The van der Waals surface area contributed by atoms with E-state index in [9.17, 15) is 19.5 Å². The summed E-state index contributed by atoms with van der Waals surface area (Å²) in [6.07, 6.45) is -1.63. The van der Waals surface area contributed by atoms with Gasteiger partial charge in [0.25, 0.3) is 0 Å². The first-order chi connectivity index (χ1) is 13.9. The topological polar surface area (TPSA) is 155 Å². The summed E-state index contributed by atoms with van der Waals surface area (Å²) >= 11 is 0. The van der Waals surface area contributed by atoms with Crippen LogP contribution in [-0.2, 0) is 19.0 Å². The Kier molecular flexibility index (Phi) is 9.27. The van der Waals surface area contributed by atoms with Gasteiger partial charge in [-0.2, -0.15) is 4.98 Å². The van der Waals surface area contributed by atoms with Gasteiger partial charge in [0.1, 0.15) is 35.9 Å². The Morgan fingerprint density at radius 2 is 2.06 bits per heavy atom. The quantitative estimate of drug-likeness (QED) is 0.524. The molecule has 1 aromatic rings. The number of nitrogen functional groups attached to an aromatic ring is 1. The predicted molar refractivity (Wildman–Crippen MR) is 114 cm³/mol. The van der Waals surface area contributed by atoms with Crippen LogP contribution in [0.1, 0.15) is 47.3 Å². The maximum atomic E-state index is 12.7. The van der Waals surface area contributed by atoms with Gasteiger partial charge in [0.05, 0.1) is 6.61 Å². The molecule has 0 unspecified atom stereocenters. The number of anilines is 1. The van der Waals surface area contributed by atoms with Gasteiger partial charge in [0.2, 0.25) is 0 Å². The zero-order valence-corrected chi connectivity index (χ0v) is 19.0. The van der Waals surface area contributed by atoms with E-state index in [1.165, 1.54) is 16.8 Å². The lowest BCUT2D eigenvalue weighted by Gasteiger charge is -2.26. The Morgan fingerprint density at radius 3 is 2.58 bits per heavy atom. The summed E-state index contributed by atoms with van der Waals surface area (Å²) in [5.41, 5.74) is 4.16. The molecule has 0 radical (unpaired) electrons. The van der Waals surface area contributed by atoms with Crippen LogP contribution >= 0.6 is 12.4 Å². The lowest BCUT2D eigenvalue weighted by molar-refractivity contribution is -0.156. The van der Waals surface area contributed by atoms with Gasteiger partial charge in [0.15, 0.2) is 0 Å². The van der Waals surface area contributed by atoms with Crippen molar-refractivity contribution in [1.82, 2.24) is 14.9 Å². The molecule has 1 aliphatic heterocycles. The number of carbonyl (C=O) groups excluding carboxylic acids is 2. The molecular formula is C19H31ClN4O7. The molecule has 0 aromatic carbocycles.